The fraction of sp³-hybridized carbons (Fsp3) is 0.733. The number of aliphatic carboxylic acids is 1. The van der Waals surface area contributed by atoms with Gasteiger partial charge in [0, 0.05) is 12.6 Å². The smallest absolute Gasteiger partial charge is 0.307 e. The monoisotopic (exact) mass is 278 g/mol. The summed E-state index contributed by atoms with van der Waals surface area (Å²) in [6.45, 7) is 1.72. The standard InChI is InChI=1S/C15H22N2O3/c1-17-6-2-3-11(17)8-16-14(18)12-9-4-5-10(7-9)13(12)15(19)20/h4-5,9-13H,2-3,6-8H2,1H3,(H,16,18)(H,19,20)/t9?,10?,11?,12-,13+/m0/s1. The number of fused-ring (bicyclic) bond motifs is 2. The number of hydrogen-bond donors (Lipinski definition) is 2. The predicted octanol–water partition coefficient (Wildman–Crippen LogP) is 0.720. The van der Waals surface area contributed by atoms with Gasteiger partial charge in [-0.3, -0.25) is 9.59 Å². The van der Waals surface area contributed by atoms with Crippen molar-refractivity contribution in [1.82, 2.24) is 10.2 Å². The Labute approximate surface area is 119 Å². The van der Waals surface area contributed by atoms with Gasteiger partial charge in [0.2, 0.25) is 5.91 Å². The van der Waals surface area contributed by atoms with Crippen molar-refractivity contribution < 1.29 is 14.7 Å². The summed E-state index contributed by atoms with van der Waals surface area (Å²) in [6.07, 6.45) is 7.09. The maximum Gasteiger partial charge on any atom is 0.307 e. The van der Waals surface area contributed by atoms with E-state index in [9.17, 15) is 14.7 Å². The zero-order valence-electron chi connectivity index (χ0n) is 11.8. The Kier molecular flexibility index (Phi) is 3.54. The summed E-state index contributed by atoms with van der Waals surface area (Å²) in [4.78, 5) is 26.0. The number of nitrogens with one attached hydrogen (secondary N) is 1. The number of likely N-dealkylation sites (tertiary alicyclic amines) is 1. The fourth-order valence-corrected chi connectivity index (χ4v) is 4.09. The van der Waals surface area contributed by atoms with Crippen LogP contribution in [0.4, 0.5) is 0 Å². The average molecular weight is 278 g/mol. The molecule has 110 valence electrons. The van der Waals surface area contributed by atoms with E-state index in [1.165, 1.54) is 6.42 Å². The average Bonchev–Trinajstić information content (AvgIpc) is 3.10. The first kappa shape index (κ1) is 13.6. The van der Waals surface area contributed by atoms with E-state index in [4.69, 9.17) is 0 Å². The molecule has 0 aromatic rings. The summed E-state index contributed by atoms with van der Waals surface area (Å²) in [7, 11) is 2.07. The molecule has 20 heavy (non-hydrogen) atoms. The Bertz CT molecular complexity index is 448. The number of likely N-dealkylation sites (N-methyl/N-ethyl adjacent to an activating group) is 1. The van der Waals surface area contributed by atoms with E-state index in [2.05, 4.69) is 17.3 Å². The minimum Gasteiger partial charge on any atom is -0.481 e. The normalized spacial score (nSPS) is 39.4. The Hall–Kier alpha value is -1.36. The van der Waals surface area contributed by atoms with Crippen LogP contribution in [0.25, 0.3) is 0 Å². The topological polar surface area (TPSA) is 69.6 Å². The van der Waals surface area contributed by atoms with Gasteiger partial charge in [-0.25, -0.2) is 0 Å². The molecule has 5 atom stereocenters. The van der Waals surface area contributed by atoms with E-state index in [1.54, 1.807) is 0 Å². The fourth-order valence-electron chi connectivity index (χ4n) is 4.09. The minimum atomic E-state index is -0.833. The summed E-state index contributed by atoms with van der Waals surface area (Å²) in [6, 6.07) is 0.399. The van der Waals surface area contributed by atoms with Crippen LogP contribution >= 0.6 is 0 Å². The largest absolute Gasteiger partial charge is 0.481 e. The number of rotatable bonds is 4. The Morgan fingerprint density at radius 1 is 1.30 bits per heavy atom. The van der Waals surface area contributed by atoms with Crippen LogP contribution in [-0.2, 0) is 9.59 Å². The molecule has 2 fully saturated rings. The Morgan fingerprint density at radius 2 is 2.00 bits per heavy atom. The van der Waals surface area contributed by atoms with Crippen molar-refractivity contribution in [1.29, 1.82) is 0 Å². The van der Waals surface area contributed by atoms with Crippen LogP contribution < -0.4 is 5.32 Å². The molecule has 2 aliphatic carbocycles. The first-order valence-corrected chi connectivity index (χ1v) is 7.47. The molecule has 1 heterocycles. The molecule has 3 rings (SSSR count). The van der Waals surface area contributed by atoms with Gasteiger partial charge in [0.05, 0.1) is 11.8 Å². The summed E-state index contributed by atoms with van der Waals surface area (Å²) >= 11 is 0. The highest BCUT2D eigenvalue weighted by Crippen LogP contribution is 2.48. The summed E-state index contributed by atoms with van der Waals surface area (Å²) in [5.74, 6) is -1.67. The lowest BCUT2D eigenvalue weighted by atomic mass is 9.82. The number of allylic oxidation sites excluding steroid dienone is 2. The number of carboxylic acids is 1. The SMILES string of the molecule is CN1CCCC1CNC(=O)[C@H]1C2C=CC(C2)[C@H]1C(=O)O. The second kappa shape index (κ2) is 5.20. The van der Waals surface area contributed by atoms with E-state index >= 15 is 0 Å². The predicted molar refractivity (Wildman–Crippen MR) is 74.0 cm³/mol. The van der Waals surface area contributed by atoms with Gasteiger partial charge in [-0.1, -0.05) is 12.2 Å². The van der Waals surface area contributed by atoms with Crippen LogP contribution in [0.15, 0.2) is 12.2 Å². The molecule has 0 radical (unpaired) electrons. The van der Waals surface area contributed by atoms with Crippen LogP contribution in [0.5, 0.6) is 0 Å². The lowest BCUT2D eigenvalue weighted by Gasteiger charge is -2.26. The quantitative estimate of drug-likeness (QED) is 0.744. The van der Waals surface area contributed by atoms with Gasteiger partial charge in [0.1, 0.15) is 0 Å². The molecule has 1 saturated heterocycles. The van der Waals surface area contributed by atoms with E-state index < -0.39 is 11.9 Å². The van der Waals surface area contributed by atoms with Gasteiger partial charge in [0.15, 0.2) is 0 Å². The second-order valence-corrected chi connectivity index (χ2v) is 6.36. The number of carbonyl (C=O) groups excluding carboxylic acids is 1. The molecule has 5 heteroatoms. The van der Waals surface area contributed by atoms with Crippen molar-refractivity contribution >= 4 is 11.9 Å². The molecule has 0 spiro atoms. The van der Waals surface area contributed by atoms with Crippen molar-refractivity contribution in [2.45, 2.75) is 25.3 Å². The molecule has 1 saturated carbocycles. The molecule has 2 N–H and O–H groups in total. The summed E-state index contributed by atoms with van der Waals surface area (Å²) in [5.41, 5.74) is 0. The van der Waals surface area contributed by atoms with Crippen molar-refractivity contribution in [2.24, 2.45) is 23.7 Å². The van der Waals surface area contributed by atoms with E-state index in [0.717, 1.165) is 19.4 Å². The summed E-state index contributed by atoms with van der Waals surface area (Å²) < 4.78 is 0. The van der Waals surface area contributed by atoms with Crippen molar-refractivity contribution in [3.8, 4) is 0 Å². The highest BCUT2D eigenvalue weighted by atomic mass is 16.4. The van der Waals surface area contributed by atoms with E-state index in [1.807, 2.05) is 12.2 Å². The second-order valence-electron chi connectivity index (χ2n) is 6.36. The van der Waals surface area contributed by atoms with Crippen molar-refractivity contribution in [3.05, 3.63) is 12.2 Å². The molecular weight excluding hydrogens is 256 g/mol. The van der Waals surface area contributed by atoms with Gasteiger partial charge >= 0.3 is 5.97 Å². The molecule has 2 bridgehead atoms. The number of hydrogen-bond acceptors (Lipinski definition) is 3. The number of carbonyl (C=O) groups is 2. The lowest BCUT2D eigenvalue weighted by Crippen LogP contribution is -2.44. The molecular formula is C15H22N2O3. The van der Waals surface area contributed by atoms with E-state index in [-0.39, 0.29) is 23.7 Å². The Balaban J connectivity index is 1.61. The molecule has 1 aliphatic heterocycles. The molecule has 3 aliphatic rings. The minimum absolute atomic E-state index is 0.0439. The lowest BCUT2D eigenvalue weighted by molar-refractivity contribution is -0.147. The first-order chi connectivity index (χ1) is 9.58. The number of nitrogens with zero attached hydrogens (tertiary/aromatic N) is 1. The third-order valence-electron chi connectivity index (χ3n) is 5.23. The number of carboxylic acid groups (broad SMARTS) is 1. The van der Waals surface area contributed by atoms with Crippen molar-refractivity contribution in [3.63, 3.8) is 0 Å². The Morgan fingerprint density at radius 3 is 2.60 bits per heavy atom. The van der Waals surface area contributed by atoms with Crippen LogP contribution in [0.1, 0.15) is 19.3 Å². The van der Waals surface area contributed by atoms with E-state index in [0.29, 0.717) is 12.6 Å². The van der Waals surface area contributed by atoms with Crippen LogP contribution in [0.2, 0.25) is 0 Å². The van der Waals surface area contributed by atoms with Gasteiger partial charge in [-0.05, 0) is 44.7 Å². The third-order valence-corrected chi connectivity index (χ3v) is 5.23. The van der Waals surface area contributed by atoms with Gasteiger partial charge < -0.3 is 15.3 Å². The maximum atomic E-state index is 12.4. The highest BCUT2D eigenvalue weighted by molar-refractivity contribution is 5.86. The maximum absolute atomic E-state index is 12.4. The molecule has 0 aromatic heterocycles. The molecule has 3 unspecified atom stereocenters. The van der Waals surface area contributed by atoms with Gasteiger partial charge in [0.25, 0.3) is 0 Å². The van der Waals surface area contributed by atoms with Crippen LogP contribution in [-0.4, -0.2) is 48.1 Å². The van der Waals surface area contributed by atoms with Crippen LogP contribution in [0, 0.1) is 23.7 Å². The third kappa shape index (κ3) is 2.24. The molecule has 5 nitrogen and oxygen atoms in total. The van der Waals surface area contributed by atoms with Crippen molar-refractivity contribution in [2.75, 3.05) is 20.1 Å². The highest BCUT2D eigenvalue weighted by Gasteiger charge is 2.51. The van der Waals surface area contributed by atoms with Crippen LogP contribution in [0.3, 0.4) is 0 Å². The molecule has 1 amide bonds. The zero-order chi connectivity index (χ0) is 14.3. The first-order valence-electron chi connectivity index (χ1n) is 7.47. The summed E-state index contributed by atoms with van der Waals surface area (Å²) in [5, 5.41) is 12.3. The van der Waals surface area contributed by atoms with Gasteiger partial charge in [-0.2, -0.15) is 0 Å². The van der Waals surface area contributed by atoms with Gasteiger partial charge in [-0.15, -0.1) is 0 Å². The zero-order valence-corrected chi connectivity index (χ0v) is 11.8. The molecule has 0 aromatic carbocycles. The number of amides is 1.